The highest BCUT2D eigenvalue weighted by Crippen LogP contribution is 2.22. The van der Waals surface area contributed by atoms with E-state index in [1.807, 2.05) is 23.1 Å². The highest BCUT2D eigenvalue weighted by atomic mass is 16.5. The molecule has 0 spiro atoms. The van der Waals surface area contributed by atoms with Crippen molar-refractivity contribution in [2.24, 2.45) is 0 Å². The van der Waals surface area contributed by atoms with Gasteiger partial charge >= 0.3 is 0 Å². The van der Waals surface area contributed by atoms with Crippen LogP contribution in [0.15, 0.2) is 48.5 Å². The third kappa shape index (κ3) is 6.09. The molecule has 1 atom stereocenters. The first-order valence-electron chi connectivity index (χ1n) is 11.7. The van der Waals surface area contributed by atoms with Crippen molar-refractivity contribution in [3.63, 3.8) is 0 Å². The number of β-amino-alcohol motifs (C(OH)–C–C–N with tert-alkyl or cyclic N) is 1. The van der Waals surface area contributed by atoms with Crippen LogP contribution >= 0.6 is 0 Å². The Hall–Kier alpha value is -2.41. The Kier molecular flexibility index (Phi) is 7.79. The molecule has 32 heavy (non-hydrogen) atoms. The number of carbonyl (C=O) groups is 1. The number of hydrogen-bond acceptors (Lipinski definition) is 5. The molecule has 6 nitrogen and oxygen atoms in total. The fourth-order valence-electron chi connectivity index (χ4n) is 4.71. The molecule has 2 heterocycles. The molecule has 1 fully saturated rings. The predicted molar refractivity (Wildman–Crippen MR) is 126 cm³/mol. The van der Waals surface area contributed by atoms with E-state index in [1.54, 1.807) is 6.92 Å². The standard InChI is InChI=1S/C26H35N3O3/c1-21(30)29-13-6-12-27(15-16-29)18-24-9-4-5-10-26(24)32-20-25(31)19-28-14-11-22-7-2-3-8-23(22)17-28/h2-5,7-10,25,31H,6,11-20H2,1H3/t25-/m0/s1. The number of ether oxygens (including phenoxy) is 1. The summed E-state index contributed by atoms with van der Waals surface area (Å²) < 4.78 is 6.07. The molecule has 0 saturated carbocycles. The van der Waals surface area contributed by atoms with Gasteiger partial charge in [-0.25, -0.2) is 0 Å². The Bertz CT molecular complexity index is 903. The lowest BCUT2D eigenvalue weighted by Gasteiger charge is -2.30. The average Bonchev–Trinajstić information content (AvgIpc) is 3.04. The van der Waals surface area contributed by atoms with Crippen LogP contribution in [0.3, 0.4) is 0 Å². The van der Waals surface area contributed by atoms with E-state index < -0.39 is 6.10 Å². The quantitative estimate of drug-likeness (QED) is 0.722. The summed E-state index contributed by atoms with van der Waals surface area (Å²) in [4.78, 5) is 18.3. The second-order valence-corrected chi connectivity index (χ2v) is 8.96. The minimum Gasteiger partial charge on any atom is -0.491 e. The summed E-state index contributed by atoms with van der Waals surface area (Å²) in [5.74, 6) is 0.991. The van der Waals surface area contributed by atoms with Gasteiger partial charge in [-0.15, -0.1) is 0 Å². The van der Waals surface area contributed by atoms with Gasteiger partial charge in [0, 0.05) is 64.8 Å². The lowest BCUT2D eigenvalue weighted by Crippen LogP contribution is -2.38. The van der Waals surface area contributed by atoms with E-state index in [2.05, 4.69) is 40.1 Å². The van der Waals surface area contributed by atoms with Crippen molar-refractivity contribution in [3.05, 3.63) is 65.2 Å². The van der Waals surface area contributed by atoms with Crippen molar-refractivity contribution in [1.29, 1.82) is 0 Å². The molecule has 0 bridgehead atoms. The molecule has 0 aliphatic carbocycles. The minimum absolute atomic E-state index is 0.154. The van der Waals surface area contributed by atoms with E-state index in [0.717, 1.165) is 70.0 Å². The van der Waals surface area contributed by atoms with Crippen LogP contribution in [0.2, 0.25) is 0 Å². The first kappa shape index (κ1) is 22.8. The molecule has 2 aromatic carbocycles. The van der Waals surface area contributed by atoms with Crippen LogP contribution in [0, 0.1) is 0 Å². The molecule has 0 unspecified atom stereocenters. The van der Waals surface area contributed by atoms with Gasteiger partial charge in [0.15, 0.2) is 0 Å². The van der Waals surface area contributed by atoms with Crippen molar-refractivity contribution in [1.82, 2.24) is 14.7 Å². The van der Waals surface area contributed by atoms with E-state index >= 15 is 0 Å². The van der Waals surface area contributed by atoms with Gasteiger partial charge in [0.25, 0.3) is 0 Å². The second kappa shape index (κ2) is 10.9. The van der Waals surface area contributed by atoms with Crippen LogP contribution in [0.5, 0.6) is 5.75 Å². The molecular formula is C26H35N3O3. The number of rotatable bonds is 7. The highest BCUT2D eigenvalue weighted by molar-refractivity contribution is 5.73. The molecule has 6 heteroatoms. The van der Waals surface area contributed by atoms with Crippen molar-refractivity contribution < 1.29 is 14.6 Å². The number of benzene rings is 2. The first-order chi connectivity index (χ1) is 15.6. The molecule has 172 valence electrons. The summed E-state index contributed by atoms with van der Waals surface area (Å²) in [7, 11) is 0. The van der Waals surface area contributed by atoms with Gasteiger partial charge in [0.1, 0.15) is 18.5 Å². The Morgan fingerprint density at radius 2 is 1.75 bits per heavy atom. The van der Waals surface area contributed by atoms with Crippen LogP contribution < -0.4 is 4.74 Å². The van der Waals surface area contributed by atoms with Crippen LogP contribution in [0.25, 0.3) is 0 Å². The monoisotopic (exact) mass is 437 g/mol. The van der Waals surface area contributed by atoms with Crippen LogP contribution in [0.1, 0.15) is 30.0 Å². The van der Waals surface area contributed by atoms with E-state index in [4.69, 9.17) is 4.74 Å². The van der Waals surface area contributed by atoms with Crippen molar-refractivity contribution >= 4 is 5.91 Å². The van der Waals surface area contributed by atoms with Gasteiger partial charge in [-0.05, 0) is 30.0 Å². The fraction of sp³-hybridized carbons (Fsp3) is 0.500. The minimum atomic E-state index is -0.532. The summed E-state index contributed by atoms with van der Waals surface area (Å²) >= 11 is 0. The molecule has 2 aliphatic rings. The lowest BCUT2D eigenvalue weighted by molar-refractivity contribution is -0.128. The largest absolute Gasteiger partial charge is 0.491 e. The number of amides is 1. The number of fused-ring (bicyclic) bond motifs is 1. The summed E-state index contributed by atoms with van der Waals surface area (Å²) in [6.07, 6.45) is 1.49. The number of hydrogen-bond donors (Lipinski definition) is 1. The van der Waals surface area contributed by atoms with E-state index in [0.29, 0.717) is 6.54 Å². The second-order valence-electron chi connectivity index (χ2n) is 8.96. The lowest BCUT2D eigenvalue weighted by atomic mass is 10.00. The molecule has 1 amide bonds. The Balaban J connectivity index is 1.28. The van der Waals surface area contributed by atoms with Crippen LogP contribution in [-0.2, 0) is 24.3 Å². The number of para-hydroxylation sites is 1. The zero-order valence-electron chi connectivity index (χ0n) is 19.1. The Morgan fingerprint density at radius 3 is 2.59 bits per heavy atom. The normalized spacial score (nSPS) is 18.6. The summed E-state index contributed by atoms with van der Waals surface area (Å²) in [6.45, 7) is 8.63. The van der Waals surface area contributed by atoms with Crippen LogP contribution in [-0.4, -0.2) is 77.7 Å². The van der Waals surface area contributed by atoms with Crippen molar-refractivity contribution in [2.45, 2.75) is 39.0 Å². The third-order valence-electron chi connectivity index (χ3n) is 6.51. The summed E-state index contributed by atoms with van der Waals surface area (Å²) in [5.41, 5.74) is 3.91. The average molecular weight is 438 g/mol. The first-order valence-corrected chi connectivity index (χ1v) is 11.7. The maximum atomic E-state index is 11.7. The third-order valence-corrected chi connectivity index (χ3v) is 6.51. The molecular weight excluding hydrogens is 402 g/mol. The van der Waals surface area contributed by atoms with Gasteiger partial charge in [-0.1, -0.05) is 42.5 Å². The summed E-state index contributed by atoms with van der Waals surface area (Å²) in [6, 6.07) is 16.6. The van der Waals surface area contributed by atoms with Gasteiger partial charge in [0.2, 0.25) is 5.91 Å². The maximum absolute atomic E-state index is 11.7. The molecule has 0 radical (unpaired) electrons. The highest BCUT2D eigenvalue weighted by Gasteiger charge is 2.20. The number of aliphatic hydroxyl groups excluding tert-OH is 1. The smallest absolute Gasteiger partial charge is 0.219 e. The summed E-state index contributed by atoms with van der Waals surface area (Å²) in [5, 5.41) is 10.6. The van der Waals surface area contributed by atoms with E-state index in [-0.39, 0.29) is 12.5 Å². The molecule has 1 N–H and O–H groups in total. The molecule has 2 aliphatic heterocycles. The van der Waals surface area contributed by atoms with Gasteiger partial charge < -0.3 is 14.7 Å². The number of carbonyl (C=O) groups excluding carboxylic acids is 1. The van der Waals surface area contributed by atoms with Crippen LogP contribution in [0.4, 0.5) is 0 Å². The van der Waals surface area contributed by atoms with Crippen molar-refractivity contribution in [2.75, 3.05) is 45.9 Å². The van der Waals surface area contributed by atoms with Gasteiger partial charge in [0.05, 0.1) is 0 Å². The maximum Gasteiger partial charge on any atom is 0.219 e. The zero-order valence-corrected chi connectivity index (χ0v) is 19.1. The molecule has 1 saturated heterocycles. The Morgan fingerprint density at radius 1 is 0.969 bits per heavy atom. The molecule has 4 rings (SSSR count). The van der Waals surface area contributed by atoms with Gasteiger partial charge in [-0.2, -0.15) is 0 Å². The number of nitrogens with zero attached hydrogens (tertiary/aromatic N) is 3. The molecule has 2 aromatic rings. The SMILES string of the molecule is CC(=O)N1CCCN(Cc2ccccc2OC[C@@H](O)CN2CCc3ccccc3C2)CC1. The topological polar surface area (TPSA) is 56.3 Å². The van der Waals surface area contributed by atoms with E-state index in [1.165, 1.54) is 11.1 Å². The fourth-order valence-corrected chi connectivity index (χ4v) is 4.71. The Labute approximate surface area is 191 Å². The zero-order chi connectivity index (χ0) is 22.3. The molecule has 0 aromatic heterocycles. The van der Waals surface area contributed by atoms with Crippen molar-refractivity contribution in [3.8, 4) is 5.75 Å². The van der Waals surface area contributed by atoms with Gasteiger partial charge in [-0.3, -0.25) is 14.6 Å². The van der Waals surface area contributed by atoms with E-state index in [9.17, 15) is 9.90 Å². The predicted octanol–water partition coefficient (Wildman–Crippen LogP) is 2.54. The number of aliphatic hydroxyl groups is 1.